The molecule has 0 aliphatic carbocycles. The van der Waals surface area contributed by atoms with Crippen LogP contribution in [0.4, 0.5) is 13.2 Å². The first-order chi connectivity index (χ1) is 11.8. The van der Waals surface area contributed by atoms with E-state index in [1.54, 1.807) is 36.4 Å². The summed E-state index contributed by atoms with van der Waals surface area (Å²) >= 11 is 0. The minimum absolute atomic E-state index is 0.0469. The summed E-state index contributed by atoms with van der Waals surface area (Å²) in [7, 11) is 0. The maximum absolute atomic E-state index is 13.5. The van der Waals surface area contributed by atoms with Gasteiger partial charge in [-0.15, -0.1) is 0 Å². The summed E-state index contributed by atoms with van der Waals surface area (Å²) in [6.07, 6.45) is -3.40. The van der Waals surface area contributed by atoms with Gasteiger partial charge in [0.05, 0.1) is 18.6 Å². The number of nitrogens with zero attached hydrogens (tertiary/aromatic N) is 3. The van der Waals surface area contributed by atoms with E-state index in [-0.39, 0.29) is 17.1 Å². The average Bonchev–Trinajstić information content (AvgIpc) is 2.96. The Morgan fingerprint density at radius 1 is 1.20 bits per heavy atom. The van der Waals surface area contributed by atoms with Gasteiger partial charge in [0.1, 0.15) is 0 Å². The molecular formula is C17H14F3N3O2. The zero-order valence-corrected chi connectivity index (χ0v) is 12.9. The number of carbonyl (C=O) groups is 1. The van der Waals surface area contributed by atoms with E-state index < -0.39 is 24.2 Å². The van der Waals surface area contributed by atoms with Crippen LogP contribution in [0, 0.1) is 0 Å². The maximum Gasteiger partial charge on any atom is 0.438 e. The van der Waals surface area contributed by atoms with Crippen molar-refractivity contribution < 1.29 is 23.1 Å². The summed E-state index contributed by atoms with van der Waals surface area (Å²) < 4.78 is 40.4. The Morgan fingerprint density at radius 3 is 2.52 bits per heavy atom. The number of amides is 1. The van der Waals surface area contributed by atoms with Crippen LogP contribution in [0.15, 0.2) is 60.0 Å². The van der Waals surface area contributed by atoms with Crippen LogP contribution in [-0.2, 0) is 11.2 Å². The molecule has 2 aromatic rings. The topological polar surface area (TPSA) is 65.8 Å². The van der Waals surface area contributed by atoms with Gasteiger partial charge in [0.2, 0.25) is 5.91 Å². The van der Waals surface area contributed by atoms with Gasteiger partial charge in [-0.3, -0.25) is 9.78 Å². The number of halogens is 3. The van der Waals surface area contributed by atoms with Crippen molar-refractivity contribution in [1.29, 1.82) is 0 Å². The third-order valence-corrected chi connectivity index (χ3v) is 3.87. The van der Waals surface area contributed by atoms with Crippen LogP contribution in [0.5, 0.6) is 0 Å². The summed E-state index contributed by atoms with van der Waals surface area (Å²) in [6, 6.07) is 11.4. The van der Waals surface area contributed by atoms with Crippen molar-refractivity contribution >= 4 is 11.6 Å². The molecular weight excluding hydrogens is 335 g/mol. The normalized spacial score (nSPS) is 20.5. The molecule has 0 bridgehead atoms. The number of aromatic nitrogens is 1. The number of pyridine rings is 1. The molecule has 25 heavy (non-hydrogen) atoms. The fourth-order valence-electron chi connectivity index (χ4n) is 2.57. The van der Waals surface area contributed by atoms with Gasteiger partial charge in [-0.1, -0.05) is 36.4 Å². The van der Waals surface area contributed by atoms with E-state index in [4.69, 9.17) is 0 Å². The number of hydrogen-bond donors (Lipinski definition) is 1. The molecule has 1 atom stereocenters. The Morgan fingerprint density at radius 2 is 1.92 bits per heavy atom. The smallest absolute Gasteiger partial charge is 0.362 e. The molecule has 0 saturated carbocycles. The minimum Gasteiger partial charge on any atom is -0.362 e. The van der Waals surface area contributed by atoms with Crippen LogP contribution in [0.1, 0.15) is 17.5 Å². The van der Waals surface area contributed by atoms with Gasteiger partial charge >= 0.3 is 6.18 Å². The van der Waals surface area contributed by atoms with Crippen LogP contribution in [0.3, 0.4) is 0 Å². The van der Waals surface area contributed by atoms with Crippen molar-refractivity contribution in [1.82, 2.24) is 9.99 Å². The molecule has 1 unspecified atom stereocenters. The van der Waals surface area contributed by atoms with Crippen LogP contribution in [-0.4, -0.2) is 38.6 Å². The molecule has 1 aliphatic rings. The van der Waals surface area contributed by atoms with Crippen molar-refractivity contribution in [3.63, 3.8) is 0 Å². The lowest BCUT2D eigenvalue weighted by Gasteiger charge is -2.32. The number of hydrazone groups is 1. The molecule has 1 aromatic carbocycles. The Bertz CT molecular complexity index is 794. The zero-order valence-electron chi connectivity index (χ0n) is 12.9. The summed E-state index contributed by atoms with van der Waals surface area (Å²) in [5.74, 6) is -0.940. The average molecular weight is 349 g/mol. The summed E-state index contributed by atoms with van der Waals surface area (Å²) in [5.41, 5.74) is -2.57. The molecule has 1 N–H and O–H groups in total. The molecule has 0 saturated heterocycles. The van der Waals surface area contributed by atoms with E-state index in [1.807, 2.05) is 0 Å². The van der Waals surface area contributed by atoms with Gasteiger partial charge in [0.25, 0.3) is 5.72 Å². The molecule has 8 heteroatoms. The van der Waals surface area contributed by atoms with E-state index in [1.165, 1.54) is 18.5 Å². The third kappa shape index (κ3) is 3.25. The monoisotopic (exact) mass is 349 g/mol. The molecule has 1 aromatic heterocycles. The Balaban J connectivity index is 1.94. The molecule has 0 radical (unpaired) electrons. The molecule has 2 heterocycles. The first kappa shape index (κ1) is 17.1. The summed E-state index contributed by atoms with van der Waals surface area (Å²) in [6.45, 7) is 0. The Hall–Kier alpha value is -2.74. The fourth-order valence-corrected chi connectivity index (χ4v) is 2.57. The van der Waals surface area contributed by atoms with Crippen molar-refractivity contribution in [2.75, 3.05) is 0 Å². The molecule has 1 aliphatic heterocycles. The predicted molar refractivity (Wildman–Crippen MR) is 83.4 cm³/mol. The summed E-state index contributed by atoms with van der Waals surface area (Å²) in [5, 5.41) is 14.1. The van der Waals surface area contributed by atoms with Gasteiger partial charge in [-0.05, 0) is 11.6 Å². The molecule has 5 nitrogen and oxygen atoms in total. The van der Waals surface area contributed by atoms with Crippen LogP contribution in [0.2, 0.25) is 0 Å². The first-order valence-corrected chi connectivity index (χ1v) is 7.45. The van der Waals surface area contributed by atoms with Crippen LogP contribution in [0.25, 0.3) is 0 Å². The number of hydrogen-bond acceptors (Lipinski definition) is 4. The second-order valence-electron chi connectivity index (χ2n) is 5.65. The van der Waals surface area contributed by atoms with Gasteiger partial charge in [0.15, 0.2) is 0 Å². The fraction of sp³-hybridized carbons (Fsp3) is 0.235. The SMILES string of the molecule is O=C(Cc1ccccc1)N1N=C(c2cccnc2)CC1(O)C(F)(F)F. The van der Waals surface area contributed by atoms with E-state index in [9.17, 15) is 23.1 Å². The lowest BCUT2D eigenvalue weighted by molar-refractivity contribution is -0.302. The summed E-state index contributed by atoms with van der Waals surface area (Å²) in [4.78, 5) is 16.2. The standard InChI is InChI=1S/C17H14F3N3O2/c18-17(19,20)16(25)10-14(13-7-4-8-21-11-13)22-23(16)15(24)9-12-5-2-1-3-6-12/h1-8,11,25H,9-10H2. The largest absolute Gasteiger partial charge is 0.438 e. The lowest BCUT2D eigenvalue weighted by Crippen LogP contribution is -2.57. The van der Waals surface area contributed by atoms with Crippen molar-refractivity contribution in [2.45, 2.75) is 24.7 Å². The van der Waals surface area contributed by atoms with E-state index >= 15 is 0 Å². The van der Waals surface area contributed by atoms with Gasteiger partial charge < -0.3 is 5.11 Å². The van der Waals surface area contributed by atoms with E-state index in [2.05, 4.69) is 10.1 Å². The van der Waals surface area contributed by atoms with Crippen LogP contribution >= 0.6 is 0 Å². The van der Waals surface area contributed by atoms with Crippen LogP contribution < -0.4 is 0 Å². The van der Waals surface area contributed by atoms with E-state index in [0.29, 0.717) is 11.1 Å². The quantitative estimate of drug-likeness (QED) is 0.926. The third-order valence-electron chi connectivity index (χ3n) is 3.87. The minimum atomic E-state index is -5.05. The van der Waals surface area contributed by atoms with Gasteiger partial charge in [0, 0.05) is 18.0 Å². The Kier molecular flexibility index (Phi) is 4.30. The molecule has 0 spiro atoms. The Labute approximate surface area is 141 Å². The lowest BCUT2D eigenvalue weighted by atomic mass is 10.0. The molecule has 130 valence electrons. The second kappa shape index (κ2) is 6.29. The van der Waals surface area contributed by atoms with E-state index in [0.717, 1.165) is 0 Å². The molecule has 3 rings (SSSR count). The second-order valence-corrected chi connectivity index (χ2v) is 5.65. The number of benzene rings is 1. The highest BCUT2D eigenvalue weighted by molar-refractivity contribution is 6.03. The van der Waals surface area contributed by atoms with Gasteiger partial charge in [-0.2, -0.15) is 23.3 Å². The molecule has 1 amide bonds. The predicted octanol–water partition coefficient (Wildman–Crippen LogP) is 2.51. The zero-order chi connectivity index (χ0) is 18.1. The molecule has 0 fully saturated rings. The number of alkyl halides is 3. The maximum atomic E-state index is 13.5. The van der Waals surface area contributed by atoms with Gasteiger partial charge in [-0.25, -0.2) is 0 Å². The van der Waals surface area contributed by atoms with Crippen molar-refractivity contribution in [2.24, 2.45) is 5.10 Å². The highest BCUT2D eigenvalue weighted by Gasteiger charge is 2.63. The number of carbonyl (C=O) groups excluding carboxylic acids is 1. The first-order valence-electron chi connectivity index (χ1n) is 7.45. The highest BCUT2D eigenvalue weighted by Crippen LogP contribution is 2.41. The number of rotatable bonds is 3. The highest BCUT2D eigenvalue weighted by atomic mass is 19.4. The van der Waals surface area contributed by atoms with Crippen molar-refractivity contribution in [3.8, 4) is 0 Å². The van der Waals surface area contributed by atoms with Crippen molar-refractivity contribution in [3.05, 3.63) is 66.0 Å². The number of aliphatic hydroxyl groups is 1.